The number of carbonyl (C=O) groups is 1. The third kappa shape index (κ3) is 8.08. The van der Waals surface area contributed by atoms with Gasteiger partial charge in [-0.2, -0.15) is 0 Å². The highest BCUT2D eigenvalue weighted by atomic mass is 32.2. The largest absolute Gasteiger partial charge is 0.288 e. The second kappa shape index (κ2) is 5.47. The molecule has 0 rings (SSSR count). The highest BCUT2D eigenvalue weighted by Gasteiger charge is 2.32. The molecule has 0 aromatic rings. The van der Waals surface area contributed by atoms with Gasteiger partial charge in [0.25, 0.3) is 5.92 Å². The van der Waals surface area contributed by atoms with E-state index >= 15 is 0 Å². The predicted molar refractivity (Wildman–Crippen MR) is 43.3 cm³/mol. The van der Waals surface area contributed by atoms with E-state index in [1.165, 1.54) is 6.92 Å². The molecular weight excluding hydrogens is 208 g/mol. The van der Waals surface area contributed by atoms with Gasteiger partial charge in [-0.25, -0.2) is 17.6 Å². The summed E-state index contributed by atoms with van der Waals surface area (Å²) >= 11 is 0.721. The van der Waals surface area contributed by atoms with E-state index in [1.807, 2.05) is 0 Å². The number of carbonyl (C=O) groups excluding carboxylic acids is 1. The van der Waals surface area contributed by atoms with E-state index in [4.69, 9.17) is 0 Å². The molecule has 0 aliphatic carbocycles. The Bertz CT molecular complexity index is 172. The van der Waals surface area contributed by atoms with Crippen molar-refractivity contribution in [2.45, 2.75) is 32.1 Å². The van der Waals surface area contributed by atoms with Gasteiger partial charge in [0.2, 0.25) is 6.43 Å². The van der Waals surface area contributed by atoms with Crippen molar-refractivity contribution >= 4 is 16.9 Å². The minimum atomic E-state index is -3.36. The normalized spacial score (nSPS) is 12.2. The molecule has 0 bridgehead atoms. The number of thioether (sulfide) groups is 1. The van der Waals surface area contributed by atoms with E-state index in [1.54, 1.807) is 0 Å². The van der Waals surface area contributed by atoms with Gasteiger partial charge in [0.1, 0.15) is 0 Å². The summed E-state index contributed by atoms with van der Waals surface area (Å²) in [4.78, 5) is 10.3. The number of rotatable bonds is 5. The Kier molecular flexibility index (Phi) is 5.36. The van der Waals surface area contributed by atoms with Crippen molar-refractivity contribution in [2.24, 2.45) is 0 Å². The van der Waals surface area contributed by atoms with Crippen LogP contribution in [-0.2, 0) is 4.79 Å². The minimum absolute atomic E-state index is 0.116. The number of hydrogen-bond donors (Lipinski definition) is 0. The molecule has 0 aromatic heterocycles. The lowest BCUT2D eigenvalue weighted by atomic mass is 10.2. The standard InChI is InChI=1S/C7H10F4OS/c1-5(12)13-3-2-7(10,11)4-6(8)9/h6H,2-4H2,1H3. The van der Waals surface area contributed by atoms with Crippen LogP contribution in [-0.4, -0.2) is 23.2 Å². The van der Waals surface area contributed by atoms with E-state index in [0.29, 0.717) is 0 Å². The number of hydrogen-bond acceptors (Lipinski definition) is 2. The summed E-state index contributed by atoms with van der Waals surface area (Å²) in [5, 5.41) is -0.284. The van der Waals surface area contributed by atoms with Gasteiger partial charge in [0, 0.05) is 19.1 Å². The molecule has 0 aliphatic heterocycles. The molecule has 0 aromatic carbocycles. The third-order valence-corrected chi connectivity index (χ3v) is 2.04. The molecule has 13 heavy (non-hydrogen) atoms. The van der Waals surface area contributed by atoms with Gasteiger partial charge in [0.15, 0.2) is 5.12 Å². The zero-order chi connectivity index (χ0) is 10.5. The molecule has 78 valence electrons. The quantitative estimate of drug-likeness (QED) is 0.660. The van der Waals surface area contributed by atoms with E-state index in [0.717, 1.165) is 11.8 Å². The van der Waals surface area contributed by atoms with Gasteiger partial charge in [-0.15, -0.1) is 0 Å². The van der Waals surface area contributed by atoms with Crippen molar-refractivity contribution in [3.63, 3.8) is 0 Å². The SMILES string of the molecule is CC(=O)SCCC(F)(F)CC(F)F. The predicted octanol–water partition coefficient (Wildman–Crippen LogP) is 2.95. The Morgan fingerprint density at radius 2 is 2.00 bits per heavy atom. The van der Waals surface area contributed by atoms with Crippen molar-refractivity contribution in [2.75, 3.05) is 5.75 Å². The second-order valence-corrected chi connectivity index (χ2v) is 3.81. The summed E-state index contributed by atoms with van der Waals surface area (Å²) in [7, 11) is 0. The van der Waals surface area contributed by atoms with E-state index in [-0.39, 0.29) is 10.9 Å². The average Bonchev–Trinajstić information content (AvgIpc) is 1.81. The minimum Gasteiger partial charge on any atom is -0.288 e. The van der Waals surface area contributed by atoms with Crippen LogP contribution < -0.4 is 0 Å². The Labute approximate surface area is 77.9 Å². The molecule has 0 N–H and O–H groups in total. The van der Waals surface area contributed by atoms with Gasteiger partial charge in [0.05, 0.1) is 6.42 Å². The van der Waals surface area contributed by atoms with Crippen molar-refractivity contribution in [1.82, 2.24) is 0 Å². The van der Waals surface area contributed by atoms with Gasteiger partial charge in [-0.3, -0.25) is 4.79 Å². The summed E-state index contributed by atoms with van der Waals surface area (Å²) in [5.41, 5.74) is 0. The Hall–Kier alpha value is -0.260. The maximum absolute atomic E-state index is 12.5. The average molecular weight is 218 g/mol. The van der Waals surface area contributed by atoms with E-state index < -0.39 is 25.2 Å². The topological polar surface area (TPSA) is 17.1 Å². The molecule has 0 saturated heterocycles. The first-order chi connectivity index (χ1) is 5.83. The molecule has 0 spiro atoms. The lowest BCUT2D eigenvalue weighted by molar-refractivity contribution is -0.109. The summed E-state index contributed by atoms with van der Waals surface area (Å²) in [6.07, 6.45) is -5.11. The molecule has 0 radical (unpaired) electrons. The molecule has 0 fully saturated rings. The Balaban J connectivity index is 3.68. The van der Waals surface area contributed by atoms with Gasteiger partial charge >= 0.3 is 0 Å². The van der Waals surface area contributed by atoms with Crippen LogP contribution >= 0.6 is 11.8 Å². The maximum atomic E-state index is 12.5. The molecule has 0 saturated carbocycles. The second-order valence-electron chi connectivity index (χ2n) is 2.54. The maximum Gasteiger partial charge on any atom is 0.254 e. The molecule has 0 atom stereocenters. The van der Waals surface area contributed by atoms with Crippen LogP contribution in [0.1, 0.15) is 19.8 Å². The van der Waals surface area contributed by atoms with Crippen LogP contribution in [0.3, 0.4) is 0 Å². The first-order valence-corrected chi connectivity index (χ1v) is 4.61. The first-order valence-electron chi connectivity index (χ1n) is 3.63. The van der Waals surface area contributed by atoms with E-state index in [2.05, 4.69) is 0 Å². The van der Waals surface area contributed by atoms with Gasteiger partial charge in [-0.1, -0.05) is 11.8 Å². The molecule has 6 heteroatoms. The summed E-state index contributed by atoms with van der Waals surface area (Å²) < 4.78 is 48.2. The fourth-order valence-electron chi connectivity index (χ4n) is 0.672. The third-order valence-electron chi connectivity index (χ3n) is 1.23. The van der Waals surface area contributed by atoms with E-state index in [9.17, 15) is 22.4 Å². The van der Waals surface area contributed by atoms with Crippen molar-refractivity contribution in [3.8, 4) is 0 Å². The molecule has 1 nitrogen and oxygen atoms in total. The van der Waals surface area contributed by atoms with Crippen molar-refractivity contribution in [1.29, 1.82) is 0 Å². The van der Waals surface area contributed by atoms with Crippen LogP contribution in [0.2, 0.25) is 0 Å². The first kappa shape index (κ1) is 12.7. The van der Waals surface area contributed by atoms with Crippen LogP contribution in [0.15, 0.2) is 0 Å². The van der Waals surface area contributed by atoms with Gasteiger partial charge < -0.3 is 0 Å². The Morgan fingerprint density at radius 3 is 2.38 bits per heavy atom. The number of alkyl halides is 4. The van der Waals surface area contributed by atoms with Crippen molar-refractivity contribution in [3.05, 3.63) is 0 Å². The molecule has 0 unspecified atom stereocenters. The van der Waals surface area contributed by atoms with Gasteiger partial charge in [-0.05, 0) is 0 Å². The zero-order valence-corrected chi connectivity index (χ0v) is 7.84. The smallest absolute Gasteiger partial charge is 0.254 e. The Morgan fingerprint density at radius 1 is 1.46 bits per heavy atom. The molecule has 0 heterocycles. The van der Waals surface area contributed by atoms with Crippen LogP contribution in [0, 0.1) is 0 Å². The lowest BCUT2D eigenvalue weighted by Crippen LogP contribution is -2.20. The number of halogens is 4. The monoisotopic (exact) mass is 218 g/mol. The molecule has 0 aliphatic rings. The van der Waals surface area contributed by atoms with Crippen LogP contribution in [0.25, 0.3) is 0 Å². The lowest BCUT2D eigenvalue weighted by Gasteiger charge is -2.14. The molecular formula is C7H10F4OS. The summed E-state index contributed by atoms with van der Waals surface area (Å²) in [5.74, 6) is -3.48. The van der Waals surface area contributed by atoms with Crippen molar-refractivity contribution < 1.29 is 22.4 Å². The fourth-order valence-corrected chi connectivity index (χ4v) is 1.36. The zero-order valence-electron chi connectivity index (χ0n) is 7.03. The summed E-state index contributed by atoms with van der Waals surface area (Å²) in [6.45, 7) is 1.25. The van der Waals surface area contributed by atoms with Crippen LogP contribution in [0.5, 0.6) is 0 Å². The fraction of sp³-hybridized carbons (Fsp3) is 0.857. The highest BCUT2D eigenvalue weighted by Crippen LogP contribution is 2.27. The molecule has 0 amide bonds. The highest BCUT2D eigenvalue weighted by molar-refractivity contribution is 8.13. The van der Waals surface area contributed by atoms with Crippen LogP contribution in [0.4, 0.5) is 17.6 Å². The summed E-state index contributed by atoms with van der Waals surface area (Å²) in [6, 6.07) is 0.